The molecule has 50 valence electrons. The maximum absolute atomic E-state index is 5.60. The molecule has 0 nitrogen and oxygen atoms in total. The largest absolute Gasteiger partial charge is 0.0976 e. The van der Waals surface area contributed by atoms with Crippen LogP contribution in [0.4, 0.5) is 0 Å². The highest BCUT2D eigenvalue weighted by Gasteiger charge is 1.85. The Kier molecular flexibility index (Phi) is 4.83. The van der Waals surface area contributed by atoms with Crippen LogP contribution in [0.5, 0.6) is 0 Å². The topological polar surface area (TPSA) is 0 Å². The fourth-order valence-electron chi connectivity index (χ4n) is 0.293. The molecule has 2 heteroatoms. The van der Waals surface area contributed by atoms with Gasteiger partial charge >= 0.3 is 0 Å². The van der Waals surface area contributed by atoms with Gasteiger partial charge in [-0.2, -0.15) is 0 Å². The quantitative estimate of drug-likeness (QED) is 0.492. The molecule has 0 aliphatic rings. The Balaban J connectivity index is 3.94. The van der Waals surface area contributed by atoms with Gasteiger partial charge < -0.3 is 0 Å². The Morgan fingerprint density at radius 3 is 2.56 bits per heavy atom. The van der Waals surface area contributed by atoms with Crippen LogP contribution >= 0.6 is 27.5 Å². The van der Waals surface area contributed by atoms with Crippen LogP contribution in [0.1, 0.15) is 0 Å². The first-order valence-electron chi connectivity index (χ1n) is 2.44. The summed E-state index contributed by atoms with van der Waals surface area (Å²) < 4.78 is 0. The molecule has 0 bridgehead atoms. The average Bonchev–Trinajstić information content (AvgIpc) is 1.87. The summed E-state index contributed by atoms with van der Waals surface area (Å²) in [5.41, 5.74) is 0.944. The van der Waals surface area contributed by atoms with E-state index in [1.807, 2.05) is 0 Å². The molecule has 0 atom stereocenters. The summed E-state index contributed by atoms with van der Waals surface area (Å²) in [4.78, 5) is 0. The minimum Gasteiger partial charge on any atom is -0.0976 e. The van der Waals surface area contributed by atoms with E-state index in [2.05, 4.69) is 29.1 Å². The highest BCUT2D eigenvalue weighted by atomic mass is 79.9. The molecular formula is C7H8BrCl. The van der Waals surface area contributed by atoms with E-state index in [9.17, 15) is 0 Å². The SMILES string of the molecule is C=C/C(Cl)=C\C(=C)CBr. The lowest BCUT2D eigenvalue weighted by Gasteiger charge is -1.89. The lowest BCUT2D eigenvalue weighted by atomic mass is 10.3. The van der Waals surface area contributed by atoms with E-state index < -0.39 is 0 Å². The molecule has 0 saturated heterocycles. The maximum atomic E-state index is 5.60. The average molecular weight is 207 g/mol. The van der Waals surface area contributed by atoms with Gasteiger partial charge in [0, 0.05) is 10.4 Å². The molecule has 0 unspecified atom stereocenters. The van der Waals surface area contributed by atoms with Gasteiger partial charge in [0.2, 0.25) is 0 Å². The summed E-state index contributed by atoms with van der Waals surface area (Å²) in [5.74, 6) is 0. The molecule has 9 heavy (non-hydrogen) atoms. The zero-order chi connectivity index (χ0) is 7.28. The van der Waals surface area contributed by atoms with Gasteiger partial charge in [-0.15, -0.1) is 0 Å². The lowest BCUT2D eigenvalue weighted by Crippen LogP contribution is -1.74. The molecule has 0 heterocycles. The molecule has 0 radical (unpaired) electrons. The zero-order valence-corrected chi connectivity index (χ0v) is 7.37. The van der Waals surface area contributed by atoms with Crippen LogP contribution in [0.25, 0.3) is 0 Å². The van der Waals surface area contributed by atoms with Crippen LogP contribution in [-0.2, 0) is 0 Å². The van der Waals surface area contributed by atoms with E-state index in [0.29, 0.717) is 5.03 Å². The van der Waals surface area contributed by atoms with Crippen molar-refractivity contribution in [3.63, 3.8) is 0 Å². The normalized spacial score (nSPS) is 11.1. The number of rotatable bonds is 3. The van der Waals surface area contributed by atoms with Crippen LogP contribution in [0.15, 0.2) is 35.9 Å². The van der Waals surface area contributed by atoms with Gasteiger partial charge in [-0.1, -0.05) is 46.8 Å². The van der Waals surface area contributed by atoms with E-state index in [-0.39, 0.29) is 0 Å². The van der Waals surface area contributed by atoms with Crippen molar-refractivity contribution in [1.29, 1.82) is 0 Å². The van der Waals surface area contributed by atoms with E-state index in [0.717, 1.165) is 10.9 Å². The van der Waals surface area contributed by atoms with E-state index >= 15 is 0 Å². The minimum atomic E-state index is 0.624. The third-order valence-electron chi connectivity index (χ3n) is 0.709. The summed E-state index contributed by atoms with van der Waals surface area (Å²) in [7, 11) is 0. The summed E-state index contributed by atoms with van der Waals surface area (Å²) >= 11 is 8.84. The van der Waals surface area contributed by atoms with Gasteiger partial charge in [0.05, 0.1) is 0 Å². The molecule has 0 aromatic rings. The van der Waals surface area contributed by atoms with Crippen molar-refractivity contribution in [3.8, 4) is 0 Å². The second-order valence-electron chi connectivity index (χ2n) is 1.53. The number of alkyl halides is 1. The number of hydrogen-bond acceptors (Lipinski definition) is 0. The molecular weight excluding hydrogens is 199 g/mol. The highest BCUT2D eigenvalue weighted by molar-refractivity contribution is 9.09. The molecule has 0 aromatic carbocycles. The second kappa shape index (κ2) is 4.83. The van der Waals surface area contributed by atoms with Gasteiger partial charge in [-0.25, -0.2) is 0 Å². The number of halogens is 2. The summed E-state index contributed by atoms with van der Waals surface area (Å²) in [6.45, 7) is 7.20. The van der Waals surface area contributed by atoms with Crippen molar-refractivity contribution >= 4 is 27.5 Å². The van der Waals surface area contributed by atoms with Gasteiger partial charge in [-0.05, 0) is 11.6 Å². The molecule has 0 amide bonds. The first-order valence-corrected chi connectivity index (χ1v) is 3.94. The Labute approximate surface area is 69.0 Å². The van der Waals surface area contributed by atoms with Crippen LogP contribution < -0.4 is 0 Å². The van der Waals surface area contributed by atoms with Gasteiger partial charge in [0.1, 0.15) is 0 Å². The fraction of sp³-hybridized carbons (Fsp3) is 0.143. The number of allylic oxidation sites excluding steroid dienone is 4. The third-order valence-corrected chi connectivity index (χ3v) is 1.69. The second-order valence-corrected chi connectivity index (χ2v) is 2.52. The molecule has 0 N–H and O–H groups in total. The molecule has 0 aliphatic heterocycles. The molecule has 0 fully saturated rings. The van der Waals surface area contributed by atoms with Crippen LogP contribution in [0, 0.1) is 0 Å². The Morgan fingerprint density at radius 2 is 2.22 bits per heavy atom. The van der Waals surface area contributed by atoms with Gasteiger partial charge in [0.25, 0.3) is 0 Å². The van der Waals surface area contributed by atoms with Crippen molar-refractivity contribution in [2.45, 2.75) is 0 Å². The van der Waals surface area contributed by atoms with Crippen LogP contribution in [0.2, 0.25) is 0 Å². The van der Waals surface area contributed by atoms with E-state index in [1.165, 1.54) is 0 Å². The Bertz CT molecular complexity index is 147. The molecule has 0 aliphatic carbocycles. The smallest absolute Gasteiger partial charge is 0.0402 e. The predicted molar refractivity (Wildman–Crippen MR) is 47.1 cm³/mol. The molecule has 0 saturated carbocycles. The number of hydrogen-bond donors (Lipinski definition) is 0. The highest BCUT2D eigenvalue weighted by Crippen LogP contribution is 2.07. The minimum absolute atomic E-state index is 0.624. The first kappa shape index (κ1) is 8.99. The van der Waals surface area contributed by atoms with E-state index in [4.69, 9.17) is 11.6 Å². The Morgan fingerprint density at radius 1 is 1.67 bits per heavy atom. The van der Waals surface area contributed by atoms with Crippen molar-refractivity contribution in [1.82, 2.24) is 0 Å². The fourth-order valence-corrected chi connectivity index (χ4v) is 0.609. The first-order chi connectivity index (χ1) is 4.20. The summed E-state index contributed by atoms with van der Waals surface area (Å²) in [6.07, 6.45) is 3.35. The summed E-state index contributed by atoms with van der Waals surface area (Å²) in [5, 5.41) is 1.37. The van der Waals surface area contributed by atoms with Crippen molar-refractivity contribution in [2.75, 3.05) is 5.33 Å². The van der Waals surface area contributed by atoms with E-state index in [1.54, 1.807) is 12.2 Å². The predicted octanol–water partition coefficient (Wildman–Crippen LogP) is 3.25. The Hall–Kier alpha value is -0.0100. The third kappa shape index (κ3) is 4.49. The van der Waals surface area contributed by atoms with Crippen molar-refractivity contribution in [3.05, 3.63) is 35.9 Å². The molecule has 0 aromatic heterocycles. The monoisotopic (exact) mass is 206 g/mol. The van der Waals surface area contributed by atoms with Crippen LogP contribution in [-0.4, -0.2) is 5.33 Å². The summed E-state index contributed by atoms with van der Waals surface area (Å²) in [6, 6.07) is 0. The standard InChI is InChI=1S/C7H8BrCl/c1-3-7(9)4-6(2)5-8/h3-4H,1-2,5H2/b7-4+. The molecule has 0 spiro atoms. The maximum Gasteiger partial charge on any atom is 0.0402 e. The zero-order valence-electron chi connectivity index (χ0n) is 5.03. The van der Waals surface area contributed by atoms with Gasteiger partial charge in [0.15, 0.2) is 0 Å². The van der Waals surface area contributed by atoms with Crippen LogP contribution in [0.3, 0.4) is 0 Å². The lowest BCUT2D eigenvalue weighted by molar-refractivity contribution is 1.59. The van der Waals surface area contributed by atoms with Crippen molar-refractivity contribution < 1.29 is 0 Å². The molecule has 0 rings (SSSR count). The van der Waals surface area contributed by atoms with Gasteiger partial charge in [-0.3, -0.25) is 0 Å². The van der Waals surface area contributed by atoms with Crippen molar-refractivity contribution in [2.24, 2.45) is 0 Å².